The minimum absolute atomic E-state index is 0.173. The molecule has 1 aliphatic heterocycles. The molecule has 0 spiro atoms. The van der Waals surface area contributed by atoms with Crippen LogP contribution in [0.1, 0.15) is 23.2 Å². The lowest BCUT2D eigenvalue weighted by Crippen LogP contribution is -2.27. The third-order valence-corrected chi connectivity index (χ3v) is 5.20. The summed E-state index contributed by atoms with van der Waals surface area (Å²) < 4.78 is 2.96. The minimum Gasteiger partial charge on any atom is -0.339 e. The highest BCUT2D eigenvalue weighted by molar-refractivity contribution is 7.17. The summed E-state index contributed by atoms with van der Waals surface area (Å²) >= 11 is 1.64. The number of benzene rings is 1. The SMILES string of the molecule is Cn1cc(-c2ccc3scc(C(=O)N4CCCC4)c3c2)cn1. The summed E-state index contributed by atoms with van der Waals surface area (Å²) in [5.74, 6) is 0.173. The standard InChI is InChI=1S/C17H17N3OS/c1-19-10-13(9-18-19)12-4-5-16-14(8-12)15(11-22-16)17(21)20-6-2-3-7-20/h4-5,8-11H,2-3,6-7H2,1H3. The Kier molecular flexibility index (Phi) is 3.22. The molecule has 3 aromatic rings. The van der Waals surface area contributed by atoms with Crippen LogP contribution in [-0.4, -0.2) is 33.7 Å². The molecule has 0 atom stereocenters. The van der Waals surface area contributed by atoms with E-state index in [9.17, 15) is 4.79 Å². The predicted molar refractivity (Wildman–Crippen MR) is 89.2 cm³/mol. The zero-order valence-electron chi connectivity index (χ0n) is 12.5. The molecule has 1 aliphatic rings. The molecule has 2 aromatic heterocycles. The molecular weight excluding hydrogens is 294 g/mol. The van der Waals surface area contributed by atoms with Gasteiger partial charge >= 0.3 is 0 Å². The Hall–Kier alpha value is -2.14. The maximum Gasteiger partial charge on any atom is 0.255 e. The van der Waals surface area contributed by atoms with Gasteiger partial charge in [0.2, 0.25) is 0 Å². The molecule has 0 saturated carbocycles. The number of aromatic nitrogens is 2. The Morgan fingerprint density at radius 1 is 1.23 bits per heavy atom. The fourth-order valence-corrected chi connectivity index (χ4v) is 3.95. The molecule has 0 unspecified atom stereocenters. The van der Waals surface area contributed by atoms with Crippen LogP contribution in [0.25, 0.3) is 21.2 Å². The molecule has 1 fully saturated rings. The third kappa shape index (κ3) is 2.22. The molecule has 3 heterocycles. The van der Waals surface area contributed by atoms with Crippen molar-refractivity contribution in [1.29, 1.82) is 0 Å². The lowest BCUT2D eigenvalue weighted by molar-refractivity contribution is 0.0795. The van der Waals surface area contributed by atoms with Crippen molar-refractivity contribution in [3.8, 4) is 11.1 Å². The van der Waals surface area contributed by atoms with Crippen LogP contribution >= 0.6 is 11.3 Å². The van der Waals surface area contributed by atoms with Crippen LogP contribution in [0.3, 0.4) is 0 Å². The summed E-state index contributed by atoms with van der Waals surface area (Å²) in [5.41, 5.74) is 3.03. The highest BCUT2D eigenvalue weighted by Crippen LogP contribution is 2.32. The molecule has 1 saturated heterocycles. The maximum absolute atomic E-state index is 12.7. The summed E-state index contributed by atoms with van der Waals surface area (Å²) in [6.07, 6.45) is 6.09. The highest BCUT2D eigenvalue weighted by Gasteiger charge is 2.22. The van der Waals surface area contributed by atoms with Gasteiger partial charge in [-0.3, -0.25) is 9.48 Å². The van der Waals surface area contributed by atoms with Crippen LogP contribution in [0.15, 0.2) is 36.0 Å². The van der Waals surface area contributed by atoms with Crippen LogP contribution in [0.5, 0.6) is 0 Å². The molecule has 4 rings (SSSR count). The largest absolute Gasteiger partial charge is 0.339 e. The van der Waals surface area contributed by atoms with Crippen molar-refractivity contribution < 1.29 is 4.79 Å². The average Bonchev–Trinajstić information content (AvgIpc) is 3.26. The van der Waals surface area contributed by atoms with E-state index in [-0.39, 0.29) is 5.91 Å². The number of hydrogen-bond donors (Lipinski definition) is 0. The summed E-state index contributed by atoms with van der Waals surface area (Å²) in [6, 6.07) is 6.31. The monoisotopic (exact) mass is 311 g/mol. The number of thiophene rings is 1. The van der Waals surface area contributed by atoms with Crippen LogP contribution in [0, 0.1) is 0 Å². The quantitative estimate of drug-likeness (QED) is 0.726. The van der Waals surface area contributed by atoms with E-state index in [1.165, 1.54) is 0 Å². The van der Waals surface area contributed by atoms with Gasteiger partial charge in [-0.25, -0.2) is 0 Å². The van der Waals surface area contributed by atoms with Gasteiger partial charge < -0.3 is 4.90 Å². The van der Waals surface area contributed by atoms with Crippen molar-refractivity contribution in [3.63, 3.8) is 0 Å². The van der Waals surface area contributed by atoms with E-state index in [0.717, 1.165) is 52.7 Å². The number of aryl methyl sites for hydroxylation is 1. The van der Waals surface area contributed by atoms with Gasteiger partial charge in [-0.15, -0.1) is 11.3 Å². The topological polar surface area (TPSA) is 38.1 Å². The zero-order valence-corrected chi connectivity index (χ0v) is 13.3. The second-order valence-electron chi connectivity index (χ2n) is 5.76. The first-order valence-corrected chi connectivity index (χ1v) is 8.40. The lowest BCUT2D eigenvalue weighted by atomic mass is 10.1. The lowest BCUT2D eigenvalue weighted by Gasteiger charge is -2.14. The van der Waals surface area contributed by atoms with Crippen LogP contribution in [0.2, 0.25) is 0 Å². The van der Waals surface area contributed by atoms with Crippen molar-refractivity contribution >= 4 is 27.3 Å². The van der Waals surface area contributed by atoms with E-state index in [0.29, 0.717) is 0 Å². The predicted octanol–water partition coefficient (Wildman–Crippen LogP) is 3.54. The first-order chi connectivity index (χ1) is 10.7. The fraction of sp³-hybridized carbons (Fsp3) is 0.294. The van der Waals surface area contributed by atoms with Gasteiger partial charge in [0, 0.05) is 47.4 Å². The first-order valence-electron chi connectivity index (χ1n) is 7.52. The average molecular weight is 311 g/mol. The molecule has 4 nitrogen and oxygen atoms in total. The molecule has 1 amide bonds. The molecule has 112 valence electrons. The number of nitrogens with zero attached hydrogens (tertiary/aromatic N) is 3. The summed E-state index contributed by atoms with van der Waals surface area (Å²) in [5, 5.41) is 7.28. The number of rotatable bonds is 2. The molecule has 0 radical (unpaired) electrons. The minimum atomic E-state index is 0.173. The summed E-state index contributed by atoms with van der Waals surface area (Å²) in [6.45, 7) is 1.77. The Morgan fingerprint density at radius 2 is 2.05 bits per heavy atom. The number of hydrogen-bond acceptors (Lipinski definition) is 3. The molecule has 1 aromatic carbocycles. The van der Waals surface area contributed by atoms with Crippen molar-refractivity contribution in [3.05, 3.63) is 41.5 Å². The Labute approximate surface area is 133 Å². The van der Waals surface area contributed by atoms with E-state index < -0.39 is 0 Å². The Bertz CT molecular complexity index is 843. The van der Waals surface area contributed by atoms with Crippen LogP contribution in [-0.2, 0) is 7.05 Å². The van der Waals surface area contributed by atoms with Gasteiger partial charge in [0.25, 0.3) is 5.91 Å². The van der Waals surface area contributed by atoms with Gasteiger partial charge in [-0.2, -0.15) is 5.10 Å². The second kappa shape index (κ2) is 5.25. The Balaban J connectivity index is 1.78. The first kappa shape index (κ1) is 13.5. The van der Waals surface area contributed by atoms with Gasteiger partial charge in [-0.05, 0) is 30.5 Å². The third-order valence-electron chi connectivity index (χ3n) is 4.24. The van der Waals surface area contributed by atoms with E-state index >= 15 is 0 Å². The van der Waals surface area contributed by atoms with E-state index in [4.69, 9.17) is 0 Å². The smallest absolute Gasteiger partial charge is 0.255 e. The number of carbonyl (C=O) groups excluding carboxylic acids is 1. The van der Waals surface area contributed by atoms with Gasteiger partial charge in [0.15, 0.2) is 0 Å². The molecule has 0 bridgehead atoms. The summed E-state index contributed by atoms with van der Waals surface area (Å²) in [7, 11) is 1.91. The normalized spacial score (nSPS) is 14.9. The van der Waals surface area contributed by atoms with Crippen molar-refractivity contribution in [2.45, 2.75) is 12.8 Å². The molecule has 0 aliphatic carbocycles. The van der Waals surface area contributed by atoms with Gasteiger partial charge in [-0.1, -0.05) is 6.07 Å². The van der Waals surface area contributed by atoms with Crippen LogP contribution < -0.4 is 0 Å². The van der Waals surface area contributed by atoms with Crippen molar-refractivity contribution in [1.82, 2.24) is 14.7 Å². The second-order valence-corrected chi connectivity index (χ2v) is 6.67. The number of likely N-dealkylation sites (tertiary alicyclic amines) is 1. The summed E-state index contributed by atoms with van der Waals surface area (Å²) in [4.78, 5) is 14.7. The number of amides is 1. The fourth-order valence-electron chi connectivity index (χ4n) is 3.04. The van der Waals surface area contributed by atoms with Gasteiger partial charge in [0.05, 0.1) is 11.8 Å². The molecular formula is C17H17N3OS. The highest BCUT2D eigenvalue weighted by atomic mass is 32.1. The maximum atomic E-state index is 12.7. The Morgan fingerprint density at radius 3 is 2.77 bits per heavy atom. The van der Waals surface area contributed by atoms with Crippen LogP contribution in [0.4, 0.5) is 0 Å². The molecule has 0 N–H and O–H groups in total. The zero-order chi connectivity index (χ0) is 15.1. The van der Waals surface area contributed by atoms with E-state index in [1.807, 2.05) is 29.7 Å². The van der Waals surface area contributed by atoms with Crippen molar-refractivity contribution in [2.75, 3.05) is 13.1 Å². The molecule has 22 heavy (non-hydrogen) atoms. The number of carbonyl (C=O) groups is 1. The van der Waals surface area contributed by atoms with Crippen molar-refractivity contribution in [2.24, 2.45) is 7.05 Å². The number of fused-ring (bicyclic) bond motifs is 1. The van der Waals surface area contributed by atoms with Gasteiger partial charge in [0.1, 0.15) is 0 Å². The molecule has 5 heteroatoms. The van der Waals surface area contributed by atoms with E-state index in [2.05, 4.69) is 23.3 Å². The van der Waals surface area contributed by atoms with E-state index in [1.54, 1.807) is 16.0 Å².